The zero-order valence-electron chi connectivity index (χ0n) is 7.43. The molecular formula is C7H12N2O3S2. The first-order valence-corrected chi connectivity index (χ1v) is 6.22. The van der Waals surface area contributed by atoms with E-state index in [2.05, 4.69) is 10.6 Å². The minimum Gasteiger partial charge on any atom is -0.395 e. The molecule has 7 heteroatoms. The molecule has 1 aliphatic rings. The molecule has 0 fully saturated rings. The molecule has 0 aromatic heterocycles. The summed E-state index contributed by atoms with van der Waals surface area (Å²) in [5.74, 6) is 0.0357. The first kappa shape index (κ1) is 11.4. The van der Waals surface area contributed by atoms with Crippen LogP contribution >= 0.6 is 12.2 Å². The second-order valence-corrected chi connectivity index (χ2v) is 5.23. The SMILES string of the molecule is O=S1(=O)C=CC(NC(=S)NCCO)C1. The average Bonchev–Trinajstić information content (AvgIpc) is 2.42. The Kier molecular flexibility index (Phi) is 3.85. The highest BCUT2D eigenvalue weighted by atomic mass is 32.2. The molecule has 0 aliphatic carbocycles. The first-order chi connectivity index (χ1) is 6.53. The van der Waals surface area contributed by atoms with Crippen molar-refractivity contribution in [2.45, 2.75) is 6.04 Å². The van der Waals surface area contributed by atoms with Crippen LogP contribution < -0.4 is 10.6 Å². The largest absolute Gasteiger partial charge is 0.395 e. The van der Waals surface area contributed by atoms with Crippen molar-refractivity contribution in [1.82, 2.24) is 10.6 Å². The molecular weight excluding hydrogens is 224 g/mol. The van der Waals surface area contributed by atoms with Gasteiger partial charge in [0, 0.05) is 12.0 Å². The number of rotatable bonds is 3. The van der Waals surface area contributed by atoms with Crippen LogP contribution in [0.5, 0.6) is 0 Å². The summed E-state index contributed by atoms with van der Waals surface area (Å²) in [4.78, 5) is 0. The maximum atomic E-state index is 11.0. The zero-order valence-corrected chi connectivity index (χ0v) is 9.07. The molecule has 0 aromatic carbocycles. The topological polar surface area (TPSA) is 78.4 Å². The Morgan fingerprint density at radius 2 is 2.36 bits per heavy atom. The lowest BCUT2D eigenvalue weighted by Crippen LogP contribution is -2.43. The van der Waals surface area contributed by atoms with E-state index in [-0.39, 0.29) is 18.4 Å². The molecule has 14 heavy (non-hydrogen) atoms. The van der Waals surface area contributed by atoms with E-state index in [4.69, 9.17) is 17.3 Å². The van der Waals surface area contributed by atoms with Crippen molar-refractivity contribution in [2.24, 2.45) is 0 Å². The van der Waals surface area contributed by atoms with Gasteiger partial charge in [-0.2, -0.15) is 0 Å². The molecule has 0 spiro atoms. The molecule has 0 saturated carbocycles. The minimum atomic E-state index is -3.04. The van der Waals surface area contributed by atoms with Crippen LogP contribution in [-0.2, 0) is 9.84 Å². The van der Waals surface area contributed by atoms with Gasteiger partial charge in [-0.15, -0.1) is 0 Å². The molecule has 80 valence electrons. The van der Waals surface area contributed by atoms with Crippen LogP contribution in [0.3, 0.4) is 0 Å². The van der Waals surface area contributed by atoms with Crippen molar-refractivity contribution in [2.75, 3.05) is 18.9 Å². The van der Waals surface area contributed by atoms with Gasteiger partial charge in [0.1, 0.15) is 0 Å². The normalized spacial score (nSPS) is 23.4. The molecule has 1 heterocycles. The second-order valence-electron chi connectivity index (χ2n) is 2.89. The van der Waals surface area contributed by atoms with Crippen LogP contribution in [0.25, 0.3) is 0 Å². The Bertz CT molecular complexity index is 337. The van der Waals surface area contributed by atoms with Crippen molar-refractivity contribution in [1.29, 1.82) is 0 Å². The van der Waals surface area contributed by atoms with Crippen LogP contribution in [0.15, 0.2) is 11.5 Å². The van der Waals surface area contributed by atoms with Crippen LogP contribution in [0.2, 0.25) is 0 Å². The van der Waals surface area contributed by atoms with Gasteiger partial charge in [-0.25, -0.2) is 8.42 Å². The molecule has 5 nitrogen and oxygen atoms in total. The molecule has 0 saturated heterocycles. The molecule has 1 unspecified atom stereocenters. The van der Waals surface area contributed by atoms with Gasteiger partial charge in [0.25, 0.3) is 0 Å². The van der Waals surface area contributed by atoms with Gasteiger partial charge in [-0.1, -0.05) is 0 Å². The number of thiocarbonyl (C=S) groups is 1. The predicted molar refractivity (Wildman–Crippen MR) is 57.5 cm³/mol. The maximum Gasteiger partial charge on any atom is 0.173 e. The number of aliphatic hydroxyl groups excluding tert-OH is 1. The number of sulfone groups is 1. The molecule has 1 atom stereocenters. The fourth-order valence-electron chi connectivity index (χ4n) is 1.05. The highest BCUT2D eigenvalue weighted by Crippen LogP contribution is 2.07. The summed E-state index contributed by atoms with van der Waals surface area (Å²) in [6, 6.07) is -0.265. The Morgan fingerprint density at radius 1 is 1.64 bits per heavy atom. The third-order valence-electron chi connectivity index (χ3n) is 1.64. The third kappa shape index (κ3) is 3.60. The predicted octanol–water partition coefficient (Wildman–Crippen LogP) is -1.25. The standard InChI is InChI=1S/C7H12N2O3S2/c10-3-2-8-7(13)9-6-1-4-14(11,12)5-6/h1,4,6,10H,2-3,5H2,(H2,8,9,13). The molecule has 1 aliphatic heterocycles. The van der Waals surface area contributed by atoms with Crippen molar-refractivity contribution < 1.29 is 13.5 Å². The summed E-state index contributed by atoms with van der Waals surface area (Å²) in [5.41, 5.74) is 0. The molecule has 0 radical (unpaired) electrons. The van der Waals surface area contributed by atoms with Crippen molar-refractivity contribution >= 4 is 27.2 Å². The fraction of sp³-hybridized carbons (Fsp3) is 0.571. The number of aliphatic hydroxyl groups is 1. The van der Waals surface area contributed by atoms with E-state index in [1.165, 1.54) is 5.41 Å². The van der Waals surface area contributed by atoms with Gasteiger partial charge < -0.3 is 15.7 Å². The lowest BCUT2D eigenvalue weighted by molar-refractivity contribution is 0.300. The quantitative estimate of drug-likeness (QED) is 0.532. The van der Waals surface area contributed by atoms with Crippen molar-refractivity contribution in [3.8, 4) is 0 Å². The summed E-state index contributed by atoms with van der Waals surface area (Å²) >= 11 is 4.87. The summed E-state index contributed by atoms with van der Waals surface area (Å²) in [6.07, 6.45) is 1.56. The first-order valence-electron chi connectivity index (χ1n) is 4.10. The Labute approximate surface area is 88.1 Å². The smallest absolute Gasteiger partial charge is 0.173 e. The maximum absolute atomic E-state index is 11.0. The van der Waals surface area contributed by atoms with Crippen molar-refractivity contribution in [3.05, 3.63) is 11.5 Å². The van der Waals surface area contributed by atoms with Gasteiger partial charge in [-0.05, 0) is 18.3 Å². The minimum absolute atomic E-state index is 0.0133. The fourth-order valence-corrected chi connectivity index (χ4v) is 2.54. The van der Waals surface area contributed by atoms with Crippen LogP contribution in [0.4, 0.5) is 0 Å². The summed E-state index contributed by atoms with van der Waals surface area (Å²) in [7, 11) is -3.04. The zero-order chi connectivity index (χ0) is 10.6. The number of hydrogen-bond donors (Lipinski definition) is 3. The number of hydrogen-bond acceptors (Lipinski definition) is 4. The monoisotopic (exact) mass is 236 g/mol. The Balaban J connectivity index is 2.34. The van der Waals surface area contributed by atoms with E-state index in [9.17, 15) is 8.42 Å². The lowest BCUT2D eigenvalue weighted by Gasteiger charge is -2.13. The van der Waals surface area contributed by atoms with Crippen LogP contribution in [0.1, 0.15) is 0 Å². The molecule has 0 amide bonds. The summed E-state index contributed by atoms with van der Waals surface area (Å²) in [5, 5.41) is 15.6. The average molecular weight is 236 g/mol. The lowest BCUT2D eigenvalue weighted by atomic mass is 10.3. The molecule has 0 bridgehead atoms. The highest BCUT2D eigenvalue weighted by Gasteiger charge is 2.21. The van der Waals surface area contributed by atoms with Crippen molar-refractivity contribution in [3.63, 3.8) is 0 Å². The summed E-state index contributed by atoms with van der Waals surface area (Å²) in [6.45, 7) is 0.343. The van der Waals surface area contributed by atoms with E-state index in [0.717, 1.165) is 0 Å². The van der Waals surface area contributed by atoms with Gasteiger partial charge in [0.2, 0.25) is 0 Å². The van der Waals surface area contributed by atoms with Gasteiger partial charge in [-0.3, -0.25) is 0 Å². The molecule has 1 rings (SSSR count). The van der Waals surface area contributed by atoms with Crippen LogP contribution in [0, 0.1) is 0 Å². The Hall–Kier alpha value is -0.660. The highest BCUT2D eigenvalue weighted by molar-refractivity contribution is 7.94. The number of nitrogens with one attached hydrogen (secondary N) is 2. The Morgan fingerprint density at radius 3 is 2.86 bits per heavy atom. The van der Waals surface area contributed by atoms with Gasteiger partial charge >= 0.3 is 0 Å². The van der Waals surface area contributed by atoms with E-state index in [1.807, 2.05) is 0 Å². The van der Waals surface area contributed by atoms with Crippen LogP contribution in [-0.4, -0.2) is 43.6 Å². The molecule has 3 N–H and O–H groups in total. The van der Waals surface area contributed by atoms with E-state index in [1.54, 1.807) is 6.08 Å². The van der Waals surface area contributed by atoms with Gasteiger partial charge in [0.15, 0.2) is 14.9 Å². The van der Waals surface area contributed by atoms with Gasteiger partial charge in [0.05, 0.1) is 18.4 Å². The second kappa shape index (κ2) is 4.72. The van der Waals surface area contributed by atoms with E-state index < -0.39 is 9.84 Å². The summed E-state index contributed by atoms with van der Waals surface area (Å²) < 4.78 is 22.0. The third-order valence-corrected chi connectivity index (χ3v) is 3.30. The van der Waals surface area contributed by atoms with E-state index in [0.29, 0.717) is 11.7 Å². The molecule has 0 aromatic rings. The van der Waals surface area contributed by atoms with E-state index >= 15 is 0 Å².